The molecule has 1 rings (SSSR count). The van der Waals surface area contributed by atoms with Gasteiger partial charge in [-0.05, 0) is 32.3 Å². The predicted molar refractivity (Wildman–Crippen MR) is 113 cm³/mol. The molecule has 9 nitrogen and oxygen atoms in total. The van der Waals surface area contributed by atoms with Gasteiger partial charge in [0.15, 0.2) is 11.8 Å². The van der Waals surface area contributed by atoms with Crippen LogP contribution in [-0.2, 0) is 35.2 Å². The van der Waals surface area contributed by atoms with Crippen molar-refractivity contribution in [1.82, 2.24) is 10.6 Å². The molecule has 0 aromatic heterocycles. The Morgan fingerprint density at radius 1 is 1.00 bits per heavy atom. The van der Waals surface area contributed by atoms with Crippen LogP contribution in [0.3, 0.4) is 0 Å². The number of ether oxygens (including phenoxy) is 3. The largest absolute Gasteiger partial charge is 0.467 e. The van der Waals surface area contributed by atoms with Crippen molar-refractivity contribution in [2.24, 2.45) is 5.92 Å². The summed E-state index contributed by atoms with van der Waals surface area (Å²) < 4.78 is 15.2. The van der Waals surface area contributed by atoms with Crippen molar-refractivity contribution in [3.8, 4) is 0 Å². The van der Waals surface area contributed by atoms with E-state index in [2.05, 4.69) is 15.4 Å². The molecule has 0 heterocycles. The number of methoxy groups -OCH3 is 1. The molecule has 1 aromatic carbocycles. The van der Waals surface area contributed by atoms with Crippen molar-refractivity contribution in [3.63, 3.8) is 0 Å². The van der Waals surface area contributed by atoms with Gasteiger partial charge in [-0.3, -0.25) is 9.59 Å². The Hall–Kier alpha value is -2.94. The highest BCUT2D eigenvalue weighted by Crippen LogP contribution is 2.09. The molecule has 0 saturated heterocycles. The van der Waals surface area contributed by atoms with Crippen LogP contribution in [0, 0.1) is 5.92 Å². The number of esters is 1. The first-order valence-electron chi connectivity index (χ1n) is 9.96. The second kappa shape index (κ2) is 12.0. The van der Waals surface area contributed by atoms with Gasteiger partial charge in [0, 0.05) is 0 Å². The van der Waals surface area contributed by atoms with Crippen LogP contribution in [0.1, 0.15) is 40.2 Å². The summed E-state index contributed by atoms with van der Waals surface area (Å²) in [4.78, 5) is 49.4. The Balaban J connectivity index is 2.78. The van der Waals surface area contributed by atoms with Crippen LogP contribution < -0.4 is 10.6 Å². The molecule has 1 aromatic rings. The molecular weight excluding hydrogens is 404 g/mol. The summed E-state index contributed by atoms with van der Waals surface area (Å²) >= 11 is 0. The number of ketones is 1. The molecule has 2 atom stereocenters. The lowest BCUT2D eigenvalue weighted by molar-refractivity contribution is -0.150. The predicted octanol–water partition coefficient (Wildman–Crippen LogP) is 1.98. The number of hydrogen-bond acceptors (Lipinski definition) is 7. The molecule has 0 aliphatic carbocycles. The Kier molecular flexibility index (Phi) is 10.1. The van der Waals surface area contributed by atoms with Gasteiger partial charge >= 0.3 is 12.1 Å². The van der Waals surface area contributed by atoms with E-state index in [1.54, 1.807) is 34.6 Å². The van der Waals surface area contributed by atoms with Crippen molar-refractivity contribution >= 4 is 23.8 Å². The fourth-order valence-electron chi connectivity index (χ4n) is 2.52. The Bertz CT molecular complexity index is 757. The lowest BCUT2D eigenvalue weighted by Gasteiger charge is -2.26. The summed E-state index contributed by atoms with van der Waals surface area (Å²) in [5, 5.41) is 4.82. The molecule has 172 valence electrons. The van der Waals surface area contributed by atoms with Crippen LogP contribution >= 0.6 is 0 Å². The van der Waals surface area contributed by atoms with E-state index in [-0.39, 0.29) is 12.5 Å². The third-order valence-corrected chi connectivity index (χ3v) is 4.02. The van der Waals surface area contributed by atoms with E-state index < -0.39 is 48.0 Å². The molecule has 0 aliphatic rings. The van der Waals surface area contributed by atoms with Crippen molar-refractivity contribution in [2.75, 3.05) is 13.7 Å². The molecule has 31 heavy (non-hydrogen) atoms. The molecule has 9 heteroatoms. The molecule has 0 aliphatic heterocycles. The highest BCUT2D eigenvalue weighted by Gasteiger charge is 2.34. The van der Waals surface area contributed by atoms with Gasteiger partial charge in [-0.2, -0.15) is 0 Å². The highest BCUT2D eigenvalue weighted by atomic mass is 16.6. The van der Waals surface area contributed by atoms with E-state index >= 15 is 0 Å². The Labute approximate surface area is 182 Å². The summed E-state index contributed by atoms with van der Waals surface area (Å²) in [7, 11) is 1.11. The number of alkyl carbamates (subject to hydrolysis) is 1. The van der Waals surface area contributed by atoms with Crippen LogP contribution in [0.25, 0.3) is 0 Å². The van der Waals surface area contributed by atoms with Gasteiger partial charge in [0.25, 0.3) is 0 Å². The van der Waals surface area contributed by atoms with Gasteiger partial charge < -0.3 is 24.8 Å². The van der Waals surface area contributed by atoms with Gasteiger partial charge in [-0.25, -0.2) is 9.59 Å². The summed E-state index contributed by atoms with van der Waals surface area (Å²) in [6, 6.07) is 6.60. The standard InChI is InChI=1S/C22H32N2O7/c1-14(2)17(24-21(28)31-22(3,4)5)19(26)23-18(20(27)29-6)16(25)13-30-12-15-10-8-7-9-11-15/h7-11,14,17-18H,12-13H2,1-6H3,(H,23,26)(H,24,28)/t17-,18?/m0/s1. The summed E-state index contributed by atoms with van der Waals surface area (Å²) in [5.74, 6) is -2.65. The van der Waals surface area contributed by atoms with Gasteiger partial charge in [-0.1, -0.05) is 44.2 Å². The van der Waals surface area contributed by atoms with E-state index in [0.29, 0.717) is 0 Å². The number of amides is 2. The zero-order valence-corrected chi connectivity index (χ0v) is 18.9. The molecule has 0 bridgehead atoms. The number of nitrogens with one attached hydrogen (secondary N) is 2. The molecule has 0 radical (unpaired) electrons. The fourth-order valence-corrected chi connectivity index (χ4v) is 2.52. The average Bonchev–Trinajstić information content (AvgIpc) is 2.68. The number of carbonyl (C=O) groups is 4. The molecule has 0 saturated carbocycles. The summed E-state index contributed by atoms with van der Waals surface area (Å²) in [6.07, 6.45) is -0.784. The smallest absolute Gasteiger partial charge is 0.408 e. The van der Waals surface area contributed by atoms with E-state index in [4.69, 9.17) is 9.47 Å². The van der Waals surface area contributed by atoms with Crippen molar-refractivity contribution in [2.45, 2.75) is 58.9 Å². The first-order chi connectivity index (χ1) is 14.4. The molecule has 2 N–H and O–H groups in total. The summed E-state index contributed by atoms with van der Waals surface area (Å²) in [5.41, 5.74) is 0.110. The van der Waals surface area contributed by atoms with Crippen molar-refractivity contribution in [1.29, 1.82) is 0 Å². The molecular formula is C22H32N2O7. The Morgan fingerprint density at radius 3 is 2.13 bits per heavy atom. The van der Waals surface area contributed by atoms with E-state index in [1.807, 2.05) is 30.3 Å². The zero-order chi connectivity index (χ0) is 23.6. The maximum Gasteiger partial charge on any atom is 0.408 e. The van der Waals surface area contributed by atoms with Gasteiger partial charge in [0.1, 0.15) is 18.2 Å². The maximum absolute atomic E-state index is 12.7. The van der Waals surface area contributed by atoms with Gasteiger partial charge in [0.2, 0.25) is 5.91 Å². The zero-order valence-electron chi connectivity index (χ0n) is 18.9. The number of rotatable bonds is 10. The second-order valence-corrected chi connectivity index (χ2v) is 8.28. The second-order valence-electron chi connectivity index (χ2n) is 8.28. The monoisotopic (exact) mass is 436 g/mol. The third-order valence-electron chi connectivity index (χ3n) is 4.02. The number of Topliss-reactive ketones (excluding diaryl/α,β-unsaturated/α-hetero) is 1. The van der Waals surface area contributed by atoms with Gasteiger partial charge in [0.05, 0.1) is 13.7 Å². The lowest BCUT2D eigenvalue weighted by Crippen LogP contribution is -2.57. The lowest BCUT2D eigenvalue weighted by atomic mass is 10.0. The highest BCUT2D eigenvalue weighted by molar-refractivity contribution is 6.07. The van der Waals surface area contributed by atoms with Crippen molar-refractivity contribution in [3.05, 3.63) is 35.9 Å². The first-order valence-corrected chi connectivity index (χ1v) is 9.96. The molecule has 2 amide bonds. The number of carbonyl (C=O) groups excluding carboxylic acids is 4. The Morgan fingerprint density at radius 2 is 1.61 bits per heavy atom. The minimum Gasteiger partial charge on any atom is -0.467 e. The quantitative estimate of drug-likeness (QED) is 0.425. The fraction of sp³-hybridized carbons (Fsp3) is 0.545. The third kappa shape index (κ3) is 9.61. The minimum absolute atomic E-state index is 0.170. The average molecular weight is 437 g/mol. The van der Waals surface area contributed by atoms with Crippen LogP contribution in [0.15, 0.2) is 30.3 Å². The minimum atomic E-state index is -1.56. The van der Waals surface area contributed by atoms with Crippen LogP contribution in [-0.4, -0.2) is 55.2 Å². The number of hydrogen-bond donors (Lipinski definition) is 2. The van der Waals surface area contributed by atoms with Crippen LogP contribution in [0.4, 0.5) is 4.79 Å². The van der Waals surface area contributed by atoms with E-state index in [9.17, 15) is 19.2 Å². The SMILES string of the molecule is COC(=O)C(NC(=O)[C@@H](NC(=O)OC(C)(C)C)C(C)C)C(=O)COCc1ccccc1. The molecule has 0 spiro atoms. The maximum atomic E-state index is 12.7. The van der Waals surface area contributed by atoms with Crippen LogP contribution in [0.2, 0.25) is 0 Å². The number of benzene rings is 1. The van der Waals surface area contributed by atoms with Gasteiger partial charge in [-0.15, -0.1) is 0 Å². The molecule has 0 fully saturated rings. The van der Waals surface area contributed by atoms with E-state index in [1.165, 1.54) is 0 Å². The summed E-state index contributed by atoms with van der Waals surface area (Å²) in [6.45, 7) is 8.26. The van der Waals surface area contributed by atoms with Crippen LogP contribution in [0.5, 0.6) is 0 Å². The molecule has 1 unspecified atom stereocenters. The normalized spacial score (nSPS) is 13.1. The first kappa shape index (κ1) is 26.1. The van der Waals surface area contributed by atoms with E-state index in [0.717, 1.165) is 12.7 Å². The van der Waals surface area contributed by atoms with Crippen molar-refractivity contribution < 1.29 is 33.4 Å². The topological polar surface area (TPSA) is 120 Å².